The summed E-state index contributed by atoms with van der Waals surface area (Å²) in [7, 11) is 0. The molecule has 0 amide bonds. The van der Waals surface area contributed by atoms with Gasteiger partial charge in [-0.15, -0.1) is 0 Å². The molecule has 0 unspecified atom stereocenters. The Morgan fingerprint density at radius 1 is 1.47 bits per heavy atom. The molecule has 0 fully saturated rings. The summed E-state index contributed by atoms with van der Waals surface area (Å²) in [6, 6.07) is 3.31. The lowest BCUT2D eigenvalue weighted by Crippen LogP contribution is -2.24. The van der Waals surface area contributed by atoms with Crippen LogP contribution in [-0.4, -0.2) is 16.6 Å². The molecule has 0 radical (unpaired) electrons. The van der Waals surface area contributed by atoms with Crippen molar-refractivity contribution in [1.29, 1.82) is 0 Å². The van der Waals surface area contributed by atoms with Crippen LogP contribution in [0.2, 0.25) is 0 Å². The van der Waals surface area contributed by atoms with Crippen molar-refractivity contribution in [2.45, 2.75) is 19.6 Å². The van der Waals surface area contributed by atoms with Gasteiger partial charge in [-0.2, -0.15) is 0 Å². The number of benzene rings is 1. The molecule has 0 aromatic heterocycles. The number of nitro groups is 1. The summed E-state index contributed by atoms with van der Waals surface area (Å²) < 4.78 is 0. The highest BCUT2D eigenvalue weighted by molar-refractivity contribution is 5.47. The third-order valence-electron chi connectivity index (χ3n) is 2.65. The average Bonchev–Trinajstić information content (AvgIpc) is 2.27. The van der Waals surface area contributed by atoms with Gasteiger partial charge in [-0.05, 0) is 30.2 Å². The number of nitro benzene ring substituents is 1. The van der Waals surface area contributed by atoms with Crippen LogP contribution in [0.3, 0.4) is 0 Å². The molecule has 80 valence electrons. The molecule has 0 spiro atoms. The maximum absolute atomic E-state index is 10.7. The summed E-state index contributed by atoms with van der Waals surface area (Å²) in [5.74, 6) is 0. The quantitative estimate of drug-likeness (QED) is 0.555. The van der Waals surface area contributed by atoms with E-state index in [0.29, 0.717) is 12.1 Å². The number of nitrogens with zero attached hydrogens (tertiary/aromatic N) is 1. The second-order valence-corrected chi connectivity index (χ2v) is 3.59. The Hall–Kier alpha value is -1.46. The molecule has 0 atom stereocenters. The fraction of sp³-hybridized carbons (Fsp3) is 0.400. The van der Waals surface area contributed by atoms with Crippen molar-refractivity contribution in [3.8, 4) is 0 Å². The van der Waals surface area contributed by atoms with Gasteiger partial charge in [-0.1, -0.05) is 0 Å². The van der Waals surface area contributed by atoms with Crippen LogP contribution in [0.25, 0.3) is 0 Å². The molecule has 1 heterocycles. The monoisotopic (exact) mass is 208 g/mol. The first-order valence-electron chi connectivity index (χ1n) is 4.83. The summed E-state index contributed by atoms with van der Waals surface area (Å²) in [4.78, 5) is 10.3. The van der Waals surface area contributed by atoms with E-state index in [9.17, 15) is 10.1 Å². The minimum atomic E-state index is -0.444. The summed E-state index contributed by atoms with van der Waals surface area (Å²) in [6.07, 6.45) is 0.861. The molecule has 1 aromatic rings. The molecular weight excluding hydrogens is 196 g/mol. The number of nitrogens with one attached hydrogen (secondary N) is 1. The van der Waals surface area contributed by atoms with E-state index in [2.05, 4.69) is 5.32 Å². The molecule has 0 saturated carbocycles. The van der Waals surface area contributed by atoms with Crippen LogP contribution in [-0.2, 0) is 19.6 Å². The van der Waals surface area contributed by atoms with Crippen LogP contribution in [0.4, 0.5) is 5.69 Å². The molecule has 5 nitrogen and oxygen atoms in total. The zero-order chi connectivity index (χ0) is 10.8. The van der Waals surface area contributed by atoms with Gasteiger partial charge >= 0.3 is 0 Å². The molecule has 0 saturated heterocycles. The first-order valence-corrected chi connectivity index (χ1v) is 4.83. The third kappa shape index (κ3) is 1.84. The van der Waals surface area contributed by atoms with Gasteiger partial charge in [0.25, 0.3) is 5.69 Å². The normalized spacial score (nSPS) is 14.7. The summed E-state index contributed by atoms with van der Waals surface area (Å²) in [6.45, 7) is 1.27. The van der Waals surface area contributed by atoms with E-state index in [-0.39, 0.29) is 12.3 Å². The molecule has 1 aliphatic heterocycles. The summed E-state index contributed by atoms with van der Waals surface area (Å²) in [5, 5.41) is 22.9. The lowest BCUT2D eigenvalue weighted by molar-refractivity contribution is -0.385. The maximum atomic E-state index is 10.7. The lowest BCUT2D eigenvalue weighted by Gasteiger charge is -2.17. The maximum Gasteiger partial charge on any atom is 0.275 e. The average molecular weight is 208 g/mol. The standard InChI is InChI=1S/C10H12N2O3/c13-6-9-3-7-1-2-11-5-8(7)4-10(9)12(14)15/h3-4,11,13H,1-2,5-6H2. The van der Waals surface area contributed by atoms with Gasteiger partial charge in [0.05, 0.1) is 17.1 Å². The van der Waals surface area contributed by atoms with Crippen LogP contribution in [0.1, 0.15) is 16.7 Å². The van der Waals surface area contributed by atoms with Crippen molar-refractivity contribution in [3.05, 3.63) is 38.9 Å². The largest absolute Gasteiger partial charge is 0.391 e. The van der Waals surface area contributed by atoms with Crippen molar-refractivity contribution in [1.82, 2.24) is 5.32 Å². The Morgan fingerprint density at radius 2 is 2.27 bits per heavy atom. The minimum Gasteiger partial charge on any atom is -0.391 e. The van der Waals surface area contributed by atoms with Crippen LogP contribution >= 0.6 is 0 Å². The van der Waals surface area contributed by atoms with Crippen molar-refractivity contribution in [3.63, 3.8) is 0 Å². The molecule has 2 rings (SSSR count). The highest BCUT2D eigenvalue weighted by atomic mass is 16.6. The summed E-state index contributed by atoms with van der Waals surface area (Å²) in [5.41, 5.74) is 2.48. The zero-order valence-corrected chi connectivity index (χ0v) is 8.19. The molecule has 0 aliphatic carbocycles. The van der Waals surface area contributed by atoms with E-state index in [0.717, 1.165) is 24.1 Å². The number of fused-ring (bicyclic) bond motifs is 1. The van der Waals surface area contributed by atoms with Gasteiger partial charge in [-0.3, -0.25) is 10.1 Å². The molecular formula is C10H12N2O3. The van der Waals surface area contributed by atoms with Gasteiger partial charge in [-0.25, -0.2) is 0 Å². The fourth-order valence-corrected chi connectivity index (χ4v) is 1.87. The van der Waals surface area contributed by atoms with Gasteiger partial charge in [0.15, 0.2) is 0 Å². The molecule has 1 aliphatic rings. The van der Waals surface area contributed by atoms with Gasteiger partial charge < -0.3 is 10.4 Å². The van der Waals surface area contributed by atoms with Crippen LogP contribution in [0.15, 0.2) is 12.1 Å². The molecule has 0 bridgehead atoms. The van der Waals surface area contributed by atoms with Crippen molar-refractivity contribution in [2.75, 3.05) is 6.54 Å². The fourth-order valence-electron chi connectivity index (χ4n) is 1.87. The van der Waals surface area contributed by atoms with E-state index < -0.39 is 4.92 Å². The molecule has 2 N–H and O–H groups in total. The summed E-state index contributed by atoms with van der Waals surface area (Å²) >= 11 is 0. The zero-order valence-electron chi connectivity index (χ0n) is 8.19. The number of rotatable bonds is 2. The number of aliphatic hydroxyl groups excluding tert-OH is 1. The van der Waals surface area contributed by atoms with Gasteiger partial charge in [0.2, 0.25) is 0 Å². The van der Waals surface area contributed by atoms with Crippen molar-refractivity contribution >= 4 is 5.69 Å². The van der Waals surface area contributed by atoms with Crippen LogP contribution < -0.4 is 5.32 Å². The topological polar surface area (TPSA) is 75.4 Å². The Bertz CT molecular complexity index is 404. The second kappa shape index (κ2) is 3.96. The highest BCUT2D eigenvalue weighted by Gasteiger charge is 2.18. The Kier molecular flexibility index (Phi) is 2.66. The Morgan fingerprint density at radius 3 is 2.93 bits per heavy atom. The van der Waals surface area contributed by atoms with E-state index in [1.807, 2.05) is 0 Å². The number of aliphatic hydroxyl groups is 1. The molecule has 5 heteroatoms. The lowest BCUT2D eigenvalue weighted by atomic mass is 9.97. The predicted molar refractivity (Wildman–Crippen MR) is 54.4 cm³/mol. The highest BCUT2D eigenvalue weighted by Crippen LogP contribution is 2.25. The van der Waals surface area contributed by atoms with E-state index in [4.69, 9.17) is 5.11 Å². The van der Waals surface area contributed by atoms with Gasteiger partial charge in [0, 0.05) is 12.6 Å². The SMILES string of the molecule is O=[N+]([O-])c1cc2c(cc1CO)CCNC2. The molecule has 15 heavy (non-hydrogen) atoms. The van der Waals surface area contributed by atoms with E-state index in [1.165, 1.54) is 0 Å². The minimum absolute atomic E-state index is 0.0138. The van der Waals surface area contributed by atoms with Gasteiger partial charge in [0.1, 0.15) is 0 Å². The van der Waals surface area contributed by atoms with E-state index in [1.54, 1.807) is 12.1 Å². The van der Waals surface area contributed by atoms with Crippen LogP contribution in [0, 0.1) is 10.1 Å². The Balaban J connectivity index is 2.51. The van der Waals surface area contributed by atoms with Crippen molar-refractivity contribution in [2.24, 2.45) is 0 Å². The first kappa shape index (κ1) is 10.1. The third-order valence-corrected chi connectivity index (χ3v) is 2.65. The number of hydrogen-bond donors (Lipinski definition) is 2. The van der Waals surface area contributed by atoms with Crippen LogP contribution in [0.5, 0.6) is 0 Å². The Labute approximate surface area is 86.9 Å². The smallest absolute Gasteiger partial charge is 0.275 e. The first-order chi connectivity index (χ1) is 7.22. The second-order valence-electron chi connectivity index (χ2n) is 3.59. The predicted octanol–water partition coefficient (Wildman–Crippen LogP) is 0.733. The van der Waals surface area contributed by atoms with E-state index >= 15 is 0 Å². The van der Waals surface area contributed by atoms with Crippen molar-refractivity contribution < 1.29 is 10.0 Å². The number of hydrogen-bond acceptors (Lipinski definition) is 4. The molecule has 1 aromatic carbocycles.